The van der Waals surface area contributed by atoms with Gasteiger partial charge >= 0.3 is 0 Å². The number of carbonyl (C=O) groups excluding carboxylic acids is 1. The first-order valence-corrected chi connectivity index (χ1v) is 9.44. The molecule has 9 nitrogen and oxygen atoms in total. The van der Waals surface area contributed by atoms with E-state index in [0.717, 1.165) is 13.8 Å². The first kappa shape index (κ1) is 22.5. The topological polar surface area (TPSA) is 145 Å². The van der Waals surface area contributed by atoms with E-state index >= 15 is 0 Å². The Labute approximate surface area is 182 Å². The van der Waals surface area contributed by atoms with Gasteiger partial charge in [-0.15, -0.1) is 0 Å². The minimum atomic E-state index is -2.11. The molecule has 1 amide bonds. The number of nitrogens with one attached hydrogen (secondary N) is 1. The van der Waals surface area contributed by atoms with E-state index in [-0.39, 0.29) is 29.6 Å². The molecular formula is C21H21F2N7O2. The Kier molecular flexibility index (Phi) is 6.57. The molecule has 11 heteroatoms. The van der Waals surface area contributed by atoms with Gasteiger partial charge in [0.2, 0.25) is 0 Å². The van der Waals surface area contributed by atoms with Crippen LogP contribution >= 0.6 is 0 Å². The fraction of sp³-hybridized carbons (Fsp3) is 0.190. The Bertz CT molecular complexity index is 1170. The van der Waals surface area contributed by atoms with Crippen molar-refractivity contribution in [2.75, 3.05) is 11.1 Å². The van der Waals surface area contributed by atoms with Gasteiger partial charge in [0.05, 0.1) is 24.2 Å². The van der Waals surface area contributed by atoms with Crippen molar-refractivity contribution in [1.29, 1.82) is 0 Å². The zero-order valence-corrected chi connectivity index (χ0v) is 17.3. The summed E-state index contributed by atoms with van der Waals surface area (Å²) in [7, 11) is 0. The van der Waals surface area contributed by atoms with Gasteiger partial charge in [-0.05, 0) is 26.0 Å². The molecule has 5 N–H and O–H groups in total. The molecular weight excluding hydrogens is 420 g/mol. The van der Waals surface area contributed by atoms with E-state index in [1.165, 1.54) is 24.6 Å². The molecule has 0 atom stereocenters. The number of nitrogen functional groups attached to an aromatic ring is 1. The molecule has 32 heavy (non-hydrogen) atoms. The second kappa shape index (κ2) is 9.33. The molecule has 166 valence electrons. The lowest BCUT2D eigenvalue weighted by Crippen LogP contribution is -2.33. The summed E-state index contributed by atoms with van der Waals surface area (Å²) in [6, 6.07) is 7.81. The summed E-state index contributed by atoms with van der Waals surface area (Å²) in [5, 5.41) is 6.15. The molecule has 3 rings (SSSR count). The van der Waals surface area contributed by atoms with Gasteiger partial charge in [0.25, 0.3) is 5.91 Å². The predicted octanol–water partition coefficient (Wildman–Crippen LogP) is 2.86. The quantitative estimate of drug-likeness (QED) is 0.478. The fourth-order valence-corrected chi connectivity index (χ4v) is 2.46. The number of allylic oxidation sites excluding steroid dienone is 1. The second-order valence-electron chi connectivity index (χ2n) is 7.20. The molecule has 0 saturated carbocycles. The summed E-state index contributed by atoms with van der Waals surface area (Å²) < 4.78 is 32.5. The van der Waals surface area contributed by atoms with Crippen molar-refractivity contribution in [3.63, 3.8) is 0 Å². The summed E-state index contributed by atoms with van der Waals surface area (Å²) in [4.78, 5) is 24.3. The number of benzene rings is 1. The highest BCUT2D eigenvalue weighted by Crippen LogP contribution is 2.20. The van der Waals surface area contributed by atoms with Crippen LogP contribution in [0.15, 0.2) is 58.4 Å². The van der Waals surface area contributed by atoms with Crippen LogP contribution in [0.1, 0.15) is 30.9 Å². The van der Waals surface area contributed by atoms with Crippen LogP contribution in [0.4, 0.5) is 20.3 Å². The van der Waals surface area contributed by atoms with Crippen molar-refractivity contribution >= 4 is 28.8 Å². The van der Waals surface area contributed by atoms with Crippen LogP contribution < -0.4 is 16.8 Å². The number of hydrogen-bond acceptors (Lipinski definition) is 8. The molecule has 0 aliphatic rings. The van der Waals surface area contributed by atoms with Gasteiger partial charge in [-0.3, -0.25) is 9.79 Å². The molecule has 3 aromatic rings. The monoisotopic (exact) mass is 441 g/mol. The lowest BCUT2D eigenvalue weighted by Gasteiger charge is -2.15. The Morgan fingerprint density at radius 1 is 1.31 bits per heavy atom. The Morgan fingerprint density at radius 2 is 2.06 bits per heavy atom. The molecule has 0 aliphatic carbocycles. The summed E-state index contributed by atoms with van der Waals surface area (Å²) in [5.41, 5.74) is 11.0. The molecule has 0 spiro atoms. The van der Waals surface area contributed by atoms with Crippen molar-refractivity contribution in [3.8, 4) is 0 Å². The van der Waals surface area contributed by atoms with E-state index in [1.807, 2.05) is 0 Å². The summed E-state index contributed by atoms with van der Waals surface area (Å²) in [6.45, 7) is 2.26. The highest BCUT2D eigenvalue weighted by molar-refractivity contribution is 6.10. The molecule has 0 unspecified atom stereocenters. The average molecular weight is 441 g/mol. The zero-order chi connectivity index (χ0) is 23.3. The van der Waals surface area contributed by atoms with Crippen LogP contribution in [0, 0.1) is 5.82 Å². The predicted molar refractivity (Wildman–Crippen MR) is 116 cm³/mol. The Hall–Kier alpha value is -4.15. The average Bonchev–Trinajstić information content (AvgIpc) is 3.27. The van der Waals surface area contributed by atoms with Crippen LogP contribution in [-0.2, 0) is 11.3 Å². The molecule has 1 aromatic carbocycles. The second-order valence-corrected chi connectivity index (χ2v) is 7.20. The van der Waals surface area contributed by atoms with E-state index in [4.69, 9.17) is 16.0 Å². The van der Waals surface area contributed by atoms with Crippen LogP contribution in [0.25, 0.3) is 5.70 Å². The number of amides is 1. The third-order valence-corrected chi connectivity index (χ3v) is 4.23. The van der Waals surface area contributed by atoms with Gasteiger partial charge in [0.1, 0.15) is 23.5 Å². The van der Waals surface area contributed by atoms with Crippen molar-refractivity contribution in [2.45, 2.75) is 26.1 Å². The maximum absolute atomic E-state index is 13.9. The lowest BCUT2D eigenvalue weighted by molar-refractivity contribution is -0.125. The summed E-state index contributed by atoms with van der Waals surface area (Å²) in [6.07, 6.45) is 4.01. The molecule has 2 aromatic heterocycles. The third kappa shape index (κ3) is 5.50. The van der Waals surface area contributed by atoms with E-state index in [2.05, 4.69) is 25.4 Å². The van der Waals surface area contributed by atoms with Crippen molar-refractivity contribution < 1.29 is 18.1 Å². The minimum absolute atomic E-state index is 0.0334. The SMILES string of the molecule is CC(C)(F)C(=O)Nc1cnc(C(N)=CC(=NCc2ccccc2F)c2ccon2)nc1N. The van der Waals surface area contributed by atoms with Gasteiger partial charge < -0.3 is 21.3 Å². The van der Waals surface area contributed by atoms with Crippen LogP contribution in [0.5, 0.6) is 0 Å². The standard InChI is InChI=1S/C21H21F2N7O2/c1-21(2,23)20(31)28-17-11-27-19(29-18(17)25)14(24)9-16(15-7-8-32-30-15)26-10-12-5-3-4-6-13(12)22/h3-9,11H,10,24H2,1-2H3,(H,28,31)(H2,25,27,29). The van der Waals surface area contributed by atoms with Gasteiger partial charge in [-0.25, -0.2) is 18.7 Å². The first-order chi connectivity index (χ1) is 15.1. The maximum atomic E-state index is 13.9. The lowest BCUT2D eigenvalue weighted by atomic mass is 10.1. The van der Waals surface area contributed by atoms with E-state index in [1.54, 1.807) is 24.3 Å². The number of anilines is 2. The number of nitrogens with zero attached hydrogens (tertiary/aromatic N) is 4. The smallest absolute Gasteiger partial charge is 0.261 e. The van der Waals surface area contributed by atoms with E-state index < -0.39 is 17.4 Å². The van der Waals surface area contributed by atoms with Crippen LogP contribution in [-0.4, -0.2) is 32.4 Å². The number of aliphatic imine (C=N–C) groups is 1. The number of hydrogen-bond donors (Lipinski definition) is 3. The van der Waals surface area contributed by atoms with Crippen LogP contribution in [0.2, 0.25) is 0 Å². The Morgan fingerprint density at radius 3 is 2.69 bits per heavy atom. The van der Waals surface area contributed by atoms with Gasteiger partial charge in [0.15, 0.2) is 17.3 Å². The van der Waals surface area contributed by atoms with E-state index in [9.17, 15) is 13.6 Å². The minimum Gasteiger partial charge on any atom is -0.396 e. The molecule has 0 bridgehead atoms. The number of halogens is 2. The maximum Gasteiger partial charge on any atom is 0.261 e. The number of rotatable bonds is 7. The molecule has 0 fully saturated rings. The van der Waals surface area contributed by atoms with Gasteiger partial charge in [-0.1, -0.05) is 23.4 Å². The normalized spacial score (nSPS) is 12.6. The molecule has 0 saturated heterocycles. The van der Waals surface area contributed by atoms with Gasteiger partial charge in [0, 0.05) is 11.6 Å². The largest absolute Gasteiger partial charge is 0.396 e. The highest BCUT2D eigenvalue weighted by Gasteiger charge is 2.27. The van der Waals surface area contributed by atoms with Crippen molar-refractivity contribution in [2.24, 2.45) is 10.7 Å². The number of carbonyl (C=O) groups is 1. The third-order valence-electron chi connectivity index (χ3n) is 4.23. The van der Waals surface area contributed by atoms with E-state index in [0.29, 0.717) is 17.0 Å². The number of nitrogens with two attached hydrogens (primary N) is 2. The molecule has 0 aliphatic heterocycles. The summed E-state index contributed by atoms with van der Waals surface area (Å²) >= 11 is 0. The van der Waals surface area contributed by atoms with Crippen molar-refractivity contribution in [3.05, 3.63) is 71.8 Å². The number of aromatic nitrogens is 3. The molecule has 0 radical (unpaired) electrons. The summed E-state index contributed by atoms with van der Waals surface area (Å²) in [5.74, 6) is -1.34. The fourth-order valence-electron chi connectivity index (χ4n) is 2.46. The van der Waals surface area contributed by atoms with Crippen LogP contribution in [0.3, 0.4) is 0 Å². The number of alkyl halides is 1. The Balaban J connectivity index is 1.88. The van der Waals surface area contributed by atoms with Crippen molar-refractivity contribution in [1.82, 2.24) is 15.1 Å². The zero-order valence-electron chi connectivity index (χ0n) is 17.3. The van der Waals surface area contributed by atoms with Gasteiger partial charge in [-0.2, -0.15) is 0 Å². The highest BCUT2D eigenvalue weighted by atomic mass is 19.1. The first-order valence-electron chi connectivity index (χ1n) is 9.44. The molecule has 2 heterocycles.